The summed E-state index contributed by atoms with van der Waals surface area (Å²) in [6.45, 7) is 2.76. The minimum absolute atomic E-state index is 0.0661. The van der Waals surface area contributed by atoms with Crippen LogP contribution in [0.5, 0.6) is 0 Å². The van der Waals surface area contributed by atoms with Crippen LogP contribution in [0.1, 0.15) is 11.4 Å². The van der Waals surface area contributed by atoms with Crippen LogP contribution in [0.15, 0.2) is 4.90 Å². The summed E-state index contributed by atoms with van der Waals surface area (Å²) in [6.07, 6.45) is 0. The average Bonchev–Trinajstić information content (AvgIpc) is 2.55. The number of carbonyl (C=O) groups excluding carboxylic acids is 1. The van der Waals surface area contributed by atoms with E-state index in [-0.39, 0.29) is 4.90 Å². The van der Waals surface area contributed by atoms with Gasteiger partial charge in [-0.05, 0) is 13.8 Å². The topological polar surface area (TPSA) is 101 Å². The van der Waals surface area contributed by atoms with E-state index in [0.717, 1.165) is 0 Å². The summed E-state index contributed by atoms with van der Waals surface area (Å²) in [5.74, 6) is -0.651. The van der Waals surface area contributed by atoms with Crippen LogP contribution in [0.4, 0.5) is 0 Å². The fourth-order valence-corrected chi connectivity index (χ4v) is 2.57. The number of aromatic amines is 1. The second-order valence-corrected chi connectivity index (χ2v) is 4.87. The Kier molecular flexibility index (Phi) is 3.66. The zero-order chi connectivity index (χ0) is 12.3. The number of hydrogen-bond donors (Lipinski definition) is 2. The molecule has 0 spiro atoms. The first-order chi connectivity index (χ1) is 7.38. The molecular weight excluding hydrogens is 234 g/mol. The van der Waals surface area contributed by atoms with Crippen molar-refractivity contribution >= 4 is 16.0 Å². The van der Waals surface area contributed by atoms with E-state index in [4.69, 9.17) is 0 Å². The SMILES string of the molecule is COC(=O)CNS(=O)(=O)c1c(C)n[nH]c1C. The average molecular weight is 247 g/mol. The Labute approximate surface area is 93.2 Å². The Morgan fingerprint density at radius 2 is 2.12 bits per heavy atom. The molecule has 0 amide bonds. The van der Waals surface area contributed by atoms with Crippen molar-refractivity contribution in [1.82, 2.24) is 14.9 Å². The fraction of sp³-hybridized carbons (Fsp3) is 0.500. The van der Waals surface area contributed by atoms with E-state index < -0.39 is 22.5 Å². The molecular formula is C8H13N3O4S. The van der Waals surface area contributed by atoms with E-state index in [1.807, 2.05) is 0 Å². The fourth-order valence-electron chi connectivity index (χ4n) is 1.23. The van der Waals surface area contributed by atoms with Gasteiger partial charge in [0.25, 0.3) is 0 Å². The predicted molar refractivity (Wildman–Crippen MR) is 55.3 cm³/mol. The van der Waals surface area contributed by atoms with Gasteiger partial charge < -0.3 is 4.74 Å². The second kappa shape index (κ2) is 4.62. The molecule has 1 aromatic rings. The Morgan fingerprint density at radius 3 is 2.56 bits per heavy atom. The van der Waals surface area contributed by atoms with Gasteiger partial charge in [0.15, 0.2) is 0 Å². The van der Waals surface area contributed by atoms with Crippen molar-refractivity contribution in [3.63, 3.8) is 0 Å². The van der Waals surface area contributed by atoms with Crippen molar-refractivity contribution in [3.05, 3.63) is 11.4 Å². The van der Waals surface area contributed by atoms with E-state index in [0.29, 0.717) is 11.4 Å². The molecule has 0 aromatic carbocycles. The monoisotopic (exact) mass is 247 g/mol. The summed E-state index contributed by atoms with van der Waals surface area (Å²) in [4.78, 5) is 10.9. The predicted octanol–water partition coefficient (Wildman–Crippen LogP) is -0.522. The number of rotatable bonds is 4. The molecule has 1 aromatic heterocycles. The van der Waals surface area contributed by atoms with Crippen LogP contribution < -0.4 is 4.72 Å². The van der Waals surface area contributed by atoms with E-state index in [1.165, 1.54) is 7.11 Å². The van der Waals surface area contributed by atoms with Crippen LogP contribution in [0.3, 0.4) is 0 Å². The number of carbonyl (C=O) groups is 1. The summed E-state index contributed by atoms with van der Waals surface area (Å²) in [6, 6.07) is 0. The largest absolute Gasteiger partial charge is 0.468 e. The molecule has 0 unspecified atom stereocenters. The van der Waals surface area contributed by atoms with Gasteiger partial charge in [-0.25, -0.2) is 8.42 Å². The quantitative estimate of drug-likeness (QED) is 0.697. The van der Waals surface area contributed by atoms with Crippen LogP contribution in [-0.4, -0.2) is 38.2 Å². The summed E-state index contributed by atoms with van der Waals surface area (Å²) in [7, 11) is -2.54. The zero-order valence-electron chi connectivity index (χ0n) is 9.20. The molecule has 0 aliphatic heterocycles. The summed E-state index contributed by atoms with van der Waals surface area (Å²) in [5.41, 5.74) is 0.782. The molecule has 1 rings (SSSR count). The van der Waals surface area contributed by atoms with Crippen LogP contribution in [0.2, 0.25) is 0 Å². The Balaban J connectivity index is 2.91. The third kappa shape index (κ3) is 2.58. The van der Waals surface area contributed by atoms with Crippen LogP contribution in [0.25, 0.3) is 0 Å². The van der Waals surface area contributed by atoms with Gasteiger partial charge in [-0.1, -0.05) is 0 Å². The molecule has 0 aliphatic carbocycles. The molecule has 0 saturated heterocycles. The number of H-pyrrole nitrogens is 1. The third-order valence-electron chi connectivity index (χ3n) is 1.96. The molecule has 0 fully saturated rings. The van der Waals surface area contributed by atoms with E-state index in [2.05, 4.69) is 19.7 Å². The lowest BCUT2D eigenvalue weighted by atomic mass is 10.4. The van der Waals surface area contributed by atoms with Crippen molar-refractivity contribution in [2.45, 2.75) is 18.7 Å². The van der Waals surface area contributed by atoms with Gasteiger partial charge in [-0.3, -0.25) is 9.89 Å². The Morgan fingerprint density at radius 1 is 1.50 bits per heavy atom. The van der Waals surface area contributed by atoms with Crippen LogP contribution in [-0.2, 0) is 19.6 Å². The maximum atomic E-state index is 11.8. The molecule has 0 saturated carbocycles. The molecule has 2 N–H and O–H groups in total. The maximum Gasteiger partial charge on any atom is 0.320 e. The Hall–Kier alpha value is -1.41. The third-order valence-corrected chi connectivity index (χ3v) is 3.63. The number of aryl methyl sites for hydroxylation is 2. The standard InChI is InChI=1S/C8H13N3O4S/c1-5-8(6(2)11-10-5)16(13,14)9-4-7(12)15-3/h9H,4H2,1-3H3,(H,10,11). The molecule has 90 valence electrons. The number of methoxy groups -OCH3 is 1. The number of hydrogen-bond acceptors (Lipinski definition) is 5. The highest BCUT2D eigenvalue weighted by Gasteiger charge is 2.22. The normalized spacial score (nSPS) is 11.4. The smallest absolute Gasteiger partial charge is 0.320 e. The highest BCUT2D eigenvalue weighted by atomic mass is 32.2. The van der Waals surface area contributed by atoms with Gasteiger partial charge in [0.2, 0.25) is 10.0 Å². The van der Waals surface area contributed by atoms with Crippen molar-refractivity contribution in [2.75, 3.05) is 13.7 Å². The van der Waals surface area contributed by atoms with Crippen molar-refractivity contribution in [2.24, 2.45) is 0 Å². The highest BCUT2D eigenvalue weighted by Crippen LogP contribution is 2.15. The summed E-state index contributed by atoms with van der Waals surface area (Å²) < 4.78 is 30.0. The lowest BCUT2D eigenvalue weighted by Gasteiger charge is -2.05. The molecule has 1 heterocycles. The number of nitrogens with one attached hydrogen (secondary N) is 2. The van der Waals surface area contributed by atoms with E-state index in [9.17, 15) is 13.2 Å². The van der Waals surface area contributed by atoms with Gasteiger partial charge in [0.1, 0.15) is 11.4 Å². The first-order valence-electron chi connectivity index (χ1n) is 4.46. The zero-order valence-corrected chi connectivity index (χ0v) is 10.0. The summed E-state index contributed by atoms with van der Waals surface area (Å²) in [5, 5.41) is 6.33. The van der Waals surface area contributed by atoms with Crippen LogP contribution >= 0.6 is 0 Å². The number of aromatic nitrogens is 2. The van der Waals surface area contributed by atoms with Gasteiger partial charge in [0, 0.05) is 0 Å². The van der Waals surface area contributed by atoms with Crippen molar-refractivity contribution < 1.29 is 17.9 Å². The van der Waals surface area contributed by atoms with Crippen molar-refractivity contribution in [1.29, 1.82) is 0 Å². The van der Waals surface area contributed by atoms with E-state index >= 15 is 0 Å². The van der Waals surface area contributed by atoms with Gasteiger partial charge >= 0.3 is 5.97 Å². The molecule has 0 atom stereocenters. The first kappa shape index (κ1) is 12.7. The van der Waals surface area contributed by atoms with Gasteiger partial charge in [-0.15, -0.1) is 0 Å². The molecule has 0 bridgehead atoms. The first-order valence-corrected chi connectivity index (χ1v) is 5.95. The van der Waals surface area contributed by atoms with E-state index in [1.54, 1.807) is 13.8 Å². The maximum absolute atomic E-state index is 11.8. The molecule has 7 nitrogen and oxygen atoms in total. The molecule has 8 heteroatoms. The lowest BCUT2D eigenvalue weighted by molar-refractivity contribution is -0.139. The Bertz CT molecular complexity index is 472. The van der Waals surface area contributed by atoms with Gasteiger partial charge in [0.05, 0.1) is 18.5 Å². The van der Waals surface area contributed by atoms with Gasteiger partial charge in [-0.2, -0.15) is 9.82 Å². The summed E-state index contributed by atoms with van der Waals surface area (Å²) >= 11 is 0. The molecule has 16 heavy (non-hydrogen) atoms. The molecule has 0 radical (unpaired) electrons. The number of sulfonamides is 1. The molecule has 0 aliphatic rings. The van der Waals surface area contributed by atoms with Crippen molar-refractivity contribution in [3.8, 4) is 0 Å². The number of ether oxygens (including phenoxy) is 1. The number of esters is 1. The highest BCUT2D eigenvalue weighted by molar-refractivity contribution is 7.89. The lowest BCUT2D eigenvalue weighted by Crippen LogP contribution is -2.30. The minimum atomic E-state index is -3.73. The van der Waals surface area contributed by atoms with Crippen LogP contribution in [0, 0.1) is 13.8 Å². The second-order valence-electron chi connectivity index (χ2n) is 3.16. The minimum Gasteiger partial charge on any atom is -0.468 e. The number of nitrogens with zero attached hydrogens (tertiary/aromatic N) is 1.